The minimum Gasteiger partial charge on any atom is -0.506 e. The molecule has 0 spiro atoms. The van der Waals surface area contributed by atoms with E-state index in [2.05, 4.69) is 5.32 Å². The third-order valence-corrected chi connectivity index (χ3v) is 3.14. The van der Waals surface area contributed by atoms with Crippen molar-refractivity contribution in [2.45, 2.75) is 32.6 Å². The Morgan fingerprint density at radius 2 is 2.06 bits per heavy atom. The van der Waals surface area contributed by atoms with E-state index in [1.54, 1.807) is 12.1 Å². The molecule has 3 nitrogen and oxygen atoms in total. The monoisotopic (exact) mass is 219 g/mol. The van der Waals surface area contributed by atoms with Crippen LogP contribution in [-0.4, -0.2) is 11.0 Å². The molecule has 86 valence electrons. The van der Waals surface area contributed by atoms with Crippen LogP contribution >= 0.6 is 0 Å². The van der Waals surface area contributed by atoms with E-state index >= 15 is 0 Å². The molecule has 16 heavy (non-hydrogen) atoms. The zero-order valence-corrected chi connectivity index (χ0v) is 9.49. The van der Waals surface area contributed by atoms with Crippen LogP contribution in [0.5, 0.6) is 5.75 Å². The second-order valence-electron chi connectivity index (χ2n) is 4.49. The number of phenols is 1. The highest BCUT2D eigenvalue weighted by molar-refractivity contribution is 5.94. The summed E-state index contributed by atoms with van der Waals surface area (Å²) in [5, 5.41) is 12.4. The fourth-order valence-electron chi connectivity index (χ4n) is 2.17. The largest absolute Gasteiger partial charge is 0.506 e. The number of aromatic hydroxyl groups is 1. The van der Waals surface area contributed by atoms with Gasteiger partial charge in [0.1, 0.15) is 5.75 Å². The topological polar surface area (TPSA) is 49.3 Å². The maximum atomic E-state index is 11.9. The molecule has 1 amide bonds. The van der Waals surface area contributed by atoms with Gasteiger partial charge in [0.2, 0.25) is 5.91 Å². The minimum atomic E-state index is 0.0402. The summed E-state index contributed by atoms with van der Waals surface area (Å²) in [5.74, 6) is 0.301. The highest BCUT2D eigenvalue weighted by Crippen LogP contribution is 2.28. The Labute approximate surface area is 95.5 Å². The summed E-state index contributed by atoms with van der Waals surface area (Å²) in [6.07, 6.45) is 4.21. The van der Waals surface area contributed by atoms with Gasteiger partial charge < -0.3 is 10.4 Å². The van der Waals surface area contributed by atoms with Gasteiger partial charge in [-0.1, -0.05) is 18.9 Å². The zero-order chi connectivity index (χ0) is 11.5. The standard InChI is InChI=1S/C13H17NO2/c1-9-6-7-12(15)11(8-9)14-13(16)10-4-2-3-5-10/h6-8,10,15H,2-5H2,1H3,(H,14,16). The molecule has 0 bridgehead atoms. The first-order valence-electron chi connectivity index (χ1n) is 5.77. The number of hydrogen-bond acceptors (Lipinski definition) is 2. The van der Waals surface area contributed by atoms with E-state index in [9.17, 15) is 9.90 Å². The Hall–Kier alpha value is -1.51. The van der Waals surface area contributed by atoms with Gasteiger partial charge >= 0.3 is 0 Å². The van der Waals surface area contributed by atoms with Gasteiger partial charge in [-0.2, -0.15) is 0 Å². The molecular weight excluding hydrogens is 202 g/mol. The molecule has 1 aromatic carbocycles. The van der Waals surface area contributed by atoms with E-state index in [1.807, 2.05) is 13.0 Å². The lowest BCUT2D eigenvalue weighted by Gasteiger charge is -2.12. The maximum Gasteiger partial charge on any atom is 0.227 e. The summed E-state index contributed by atoms with van der Waals surface area (Å²) in [5.41, 5.74) is 1.55. The first-order valence-corrected chi connectivity index (χ1v) is 5.77. The quantitative estimate of drug-likeness (QED) is 0.751. The zero-order valence-electron chi connectivity index (χ0n) is 9.49. The van der Waals surface area contributed by atoms with Crippen molar-refractivity contribution in [1.82, 2.24) is 0 Å². The molecule has 2 rings (SSSR count). The molecular formula is C13H17NO2. The second kappa shape index (κ2) is 4.56. The van der Waals surface area contributed by atoms with Crippen molar-refractivity contribution >= 4 is 11.6 Å². The number of carbonyl (C=O) groups is 1. The lowest BCUT2D eigenvalue weighted by molar-refractivity contribution is -0.119. The van der Waals surface area contributed by atoms with Gasteiger partial charge in [-0.15, -0.1) is 0 Å². The van der Waals surface area contributed by atoms with Crippen LogP contribution in [-0.2, 0) is 4.79 Å². The molecule has 1 saturated carbocycles. The molecule has 1 aromatic rings. The molecule has 0 radical (unpaired) electrons. The minimum absolute atomic E-state index is 0.0402. The van der Waals surface area contributed by atoms with Gasteiger partial charge in [0.05, 0.1) is 5.69 Å². The van der Waals surface area contributed by atoms with E-state index in [1.165, 1.54) is 0 Å². The summed E-state index contributed by atoms with van der Waals surface area (Å²) in [4.78, 5) is 11.9. The predicted molar refractivity (Wildman–Crippen MR) is 63.4 cm³/mol. The fourth-order valence-corrected chi connectivity index (χ4v) is 2.17. The smallest absolute Gasteiger partial charge is 0.227 e. The van der Waals surface area contributed by atoms with Crippen LogP contribution < -0.4 is 5.32 Å². The Bertz CT molecular complexity index is 395. The van der Waals surface area contributed by atoms with E-state index in [-0.39, 0.29) is 17.6 Å². The molecule has 0 atom stereocenters. The van der Waals surface area contributed by atoms with Gasteiger partial charge in [0, 0.05) is 5.92 Å². The van der Waals surface area contributed by atoms with Crippen molar-refractivity contribution < 1.29 is 9.90 Å². The van der Waals surface area contributed by atoms with Crippen molar-refractivity contribution in [3.63, 3.8) is 0 Å². The molecule has 1 aliphatic rings. The Morgan fingerprint density at radius 1 is 1.38 bits per heavy atom. The van der Waals surface area contributed by atoms with Crippen LogP contribution in [0, 0.1) is 12.8 Å². The van der Waals surface area contributed by atoms with E-state index in [0.29, 0.717) is 5.69 Å². The number of hydrogen-bond donors (Lipinski definition) is 2. The van der Waals surface area contributed by atoms with Crippen LogP contribution in [0.3, 0.4) is 0 Å². The third kappa shape index (κ3) is 2.35. The fraction of sp³-hybridized carbons (Fsp3) is 0.462. The second-order valence-corrected chi connectivity index (χ2v) is 4.49. The molecule has 0 unspecified atom stereocenters. The van der Waals surface area contributed by atoms with E-state index < -0.39 is 0 Å². The summed E-state index contributed by atoms with van der Waals surface area (Å²) in [6, 6.07) is 5.22. The molecule has 3 heteroatoms. The molecule has 2 N–H and O–H groups in total. The van der Waals surface area contributed by atoms with Crippen molar-refractivity contribution in [3.05, 3.63) is 23.8 Å². The number of anilines is 1. The van der Waals surface area contributed by atoms with E-state index in [0.717, 1.165) is 31.2 Å². The van der Waals surface area contributed by atoms with Gasteiger partial charge in [0.15, 0.2) is 0 Å². The van der Waals surface area contributed by atoms with E-state index in [4.69, 9.17) is 0 Å². The number of amides is 1. The van der Waals surface area contributed by atoms with Gasteiger partial charge in [-0.3, -0.25) is 4.79 Å². The molecule has 0 saturated heterocycles. The third-order valence-electron chi connectivity index (χ3n) is 3.14. The summed E-state index contributed by atoms with van der Waals surface area (Å²) in [6.45, 7) is 1.94. The maximum absolute atomic E-state index is 11.9. The lowest BCUT2D eigenvalue weighted by Crippen LogP contribution is -2.20. The van der Waals surface area contributed by atoms with Crippen LogP contribution in [0.1, 0.15) is 31.2 Å². The molecule has 0 heterocycles. The Morgan fingerprint density at radius 3 is 2.75 bits per heavy atom. The Balaban J connectivity index is 2.07. The first-order chi connectivity index (χ1) is 7.66. The summed E-state index contributed by atoms with van der Waals surface area (Å²) >= 11 is 0. The average Bonchev–Trinajstić information content (AvgIpc) is 2.76. The number of phenolic OH excluding ortho intramolecular Hbond substituents is 1. The first kappa shape index (κ1) is 11.0. The number of aryl methyl sites for hydroxylation is 1. The van der Waals surface area contributed by atoms with Gasteiger partial charge in [0.25, 0.3) is 0 Å². The van der Waals surface area contributed by atoms with Crippen molar-refractivity contribution in [2.75, 3.05) is 5.32 Å². The molecule has 0 aliphatic heterocycles. The van der Waals surface area contributed by atoms with Crippen molar-refractivity contribution in [3.8, 4) is 5.75 Å². The number of benzene rings is 1. The van der Waals surface area contributed by atoms with Crippen LogP contribution in [0.25, 0.3) is 0 Å². The van der Waals surface area contributed by atoms with Crippen LogP contribution in [0.4, 0.5) is 5.69 Å². The summed E-state index contributed by atoms with van der Waals surface area (Å²) in [7, 11) is 0. The molecule has 1 fully saturated rings. The average molecular weight is 219 g/mol. The van der Waals surface area contributed by atoms with Crippen molar-refractivity contribution in [1.29, 1.82) is 0 Å². The molecule has 1 aliphatic carbocycles. The normalized spacial score (nSPS) is 16.3. The number of nitrogens with one attached hydrogen (secondary N) is 1. The van der Waals surface area contributed by atoms with Gasteiger partial charge in [-0.25, -0.2) is 0 Å². The van der Waals surface area contributed by atoms with Crippen LogP contribution in [0.2, 0.25) is 0 Å². The SMILES string of the molecule is Cc1ccc(O)c(NC(=O)C2CCCC2)c1. The lowest BCUT2D eigenvalue weighted by atomic mass is 10.1. The van der Waals surface area contributed by atoms with Crippen molar-refractivity contribution in [2.24, 2.45) is 5.92 Å². The highest BCUT2D eigenvalue weighted by atomic mass is 16.3. The predicted octanol–water partition coefficient (Wildman–Crippen LogP) is 2.83. The van der Waals surface area contributed by atoms with Crippen LogP contribution in [0.15, 0.2) is 18.2 Å². The number of carbonyl (C=O) groups excluding carboxylic acids is 1. The number of rotatable bonds is 2. The van der Waals surface area contributed by atoms with Gasteiger partial charge in [-0.05, 0) is 37.5 Å². The Kier molecular flexibility index (Phi) is 3.13. The summed E-state index contributed by atoms with van der Waals surface area (Å²) < 4.78 is 0. The molecule has 0 aromatic heterocycles. The highest BCUT2D eigenvalue weighted by Gasteiger charge is 2.23.